The standard InChI is InChI=1S/C19H21ClFNO2/c20-15-6-8-16(9-7-15)24-19-5-1-4-18(21)17(19)3-2-10-22-11-13-23-14-12-22/h1,4-9H,2-3,10-14H2. The van der Waals surface area contributed by atoms with Crippen LogP contribution in [0.5, 0.6) is 11.5 Å². The monoisotopic (exact) mass is 349 g/mol. The van der Waals surface area contributed by atoms with Gasteiger partial charge in [-0.2, -0.15) is 0 Å². The largest absolute Gasteiger partial charge is 0.457 e. The summed E-state index contributed by atoms with van der Waals surface area (Å²) in [4.78, 5) is 2.35. The van der Waals surface area contributed by atoms with Crippen LogP contribution < -0.4 is 4.74 Å². The summed E-state index contributed by atoms with van der Waals surface area (Å²) in [6.07, 6.45) is 1.53. The molecule has 0 N–H and O–H groups in total. The van der Waals surface area contributed by atoms with Crippen LogP contribution in [0.2, 0.25) is 5.02 Å². The molecular weight excluding hydrogens is 329 g/mol. The second kappa shape index (κ2) is 8.47. The highest BCUT2D eigenvalue weighted by Gasteiger charge is 2.13. The van der Waals surface area contributed by atoms with E-state index in [9.17, 15) is 4.39 Å². The number of rotatable bonds is 6. The Morgan fingerprint density at radius 2 is 1.83 bits per heavy atom. The minimum absolute atomic E-state index is 0.219. The second-order valence-electron chi connectivity index (χ2n) is 5.83. The number of halogens is 2. The number of benzene rings is 2. The van der Waals surface area contributed by atoms with Crippen molar-refractivity contribution in [2.24, 2.45) is 0 Å². The van der Waals surface area contributed by atoms with Crippen LogP contribution >= 0.6 is 11.6 Å². The predicted molar refractivity (Wildman–Crippen MR) is 93.5 cm³/mol. The van der Waals surface area contributed by atoms with Gasteiger partial charge < -0.3 is 9.47 Å². The van der Waals surface area contributed by atoms with Crippen LogP contribution in [0, 0.1) is 5.82 Å². The third-order valence-electron chi connectivity index (χ3n) is 4.12. The lowest BCUT2D eigenvalue weighted by molar-refractivity contribution is 0.0374. The third kappa shape index (κ3) is 4.69. The summed E-state index contributed by atoms with van der Waals surface area (Å²) >= 11 is 5.88. The first kappa shape index (κ1) is 17.2. The Bertz CT molecular complexity index is 657. The normalized spacial score (nSPS) is 15.4. The van der Waals surface area contributed by atoms with Crippen LogP contribution in [0.25, 0.3) is 0 Å². The van der Waals surface area contributed by atoms with Crippen LogP contribution in [0.4, 0.5) is 4.39 Å². The molecule has 0 bridgehead atoms. The fourth-order valence-electron chi connectivity index (χ4n) is 2.81. The molecule has 3 rings (SSSR count). The highest BCUT2D eigenvalue weighted by atomic mass is 35.5. The first-order chi connectivity index (χ1) is 11.7. The fraction of sp³-hybridized carbons (Fsp3) is 0.368. The molecule has 0 aliphatic carbocycles. The smallest absolute Gasteiger partial charge is 0.133 e. The van der Waals surface area contributed by atoms with E-state index < -0.39 is 0 Å². The van der Waals surface area contributed by atoms with E-state index in [4.69, 9.17) is 21.1 Å². The van der Waals surface area contributed by atoms with Gasteiger partial charge in [0.05, 0.1) is 13.2 Å². The minimum atomic E-state index is -0.219. The third-order valence-corrected chi connectivity index (χ3v) is 4.37. The zero-order chi connectivity index (χ0) is 16.8. The molecule has 1 fully saturated rings. The molecule has 5 heteroatoms. The van der Waals surface area contributed by atoms with Gasteiger partial charge in [0.25, 0.3) is 0 Å². The van der Waals surface area contributed by atoms with Crippen molar-refractivity contribution >= 4 is 11.6 Å². The fourth-order valence-corrected chi connectivity index (χ4v) is 2.94. The first-order valence-corrected chi connectivity index (χ1v) is 8.61. The molecule has 0 unspecified atom stereocenters. The number of hydrogen-bond donors (Lipinski definition) is 0. The zero-order valence-corrected chi connectivity index (χ0v) is 14.3. The molecule has 128 valence electrons. The highest BCUT2D eigenvalue weighted by Crippen LogP contribution is 2.29. The van der Waals surface area contributed by atoms with Gasteiger partial charge in [-0.15, -0.1) is 0 Å². The van der Waals surface area contributed by atoms with Crippen molar-refractivity contribution in [3.63, 3.8) is 0 Å². The van der Waals surface area contributed by atoms with Crippen LogP contribution in [-0.2, 0) is 11.2 Å². The van der Waals surface area contributed by atoms with Crippen LogP contribution in [-0.4, -0.2) is 37.7 Å². The van der Waals surface area contributed by atoms with Gasteiger partial charge in [-0.3, -0.25) is 4.90 Å². The maximum absolute atomic E-state index is 14.2. The molecule has 2 aromatic carbocycles. The molecule has 0 saturated carbocycles. The van der Waals surface area contributed by atoms with E-state index in [1.165, 1.54) is 6.07 Å². The highest BCUT2D eigenvalue weighted by molar-refractivity contribution is 6.30. The Hall–Kier alpha value is -1.62. The minimum Gasteiger partial charge on any atom is -0.457 e. The topological polar surface area (TPSA) is 21.7 Å². The van der Waals surface area contributed by atoms with Gasteiger partial charge in [0, 0.05) is 23.7 Å². The van der Waals surface area contributed by atoms with E-state index in [1.54, 1.807) is 30.3 Å². The average Bonchev–Trinajstić information content (AvgIpc) is 2.60. The van der Waals surface area contributed by atoms with Gasteiger partial charge in [0.1, 0.15) is 17.3 Å². The quantitative estimate of drug-likeness (QED) is 0.764. The van der Waals surface area contributed by atoms with E-state index in [0.717, 1.165) is 39.3 Å². The maximum Gasteiger partial charge on any atom is 0.133 e. The van der Waals surface area contributed by atoms with Gasteiger partial charge in [0.15, 0.2) is 0 Å². The summed E-state index contributed by atoms with van der Waals surface area (Å²) in [5, 5.41) is 0.646. The summed E-state index contributed by atoms with van der Waals surface area (Å²) in [5.74, 6) is 1.00. The Balaban J connectivity index is 1.64. The lowest BCUT2D eigenvalue weighted by atomic mass is 10.1. The predicted octanol–water partition coefficient (Wildman–Crippen LogP) is 4.54. The Labute approximate surface area is 146 Å². The van der Waals surface area contributed by atoms with Crippen molar-refractivity contribution in [2.45, 2.75) is 12.8 Å². The maximum atomic E-state index is 14.2. The number of nitrogens with zero attached hydrogens (tertiary/aromatic N) is 1. The van der Waals surface area contributed by atoms with Crippen LogP contribution in [0.15, 0.2) is 42.5 Å². The van der Waals surface area contributed by atoms with Crippen LogP contribution in [0.3, 0.4) is 0 Å². The Kier molecular flexibility index (Phi) is 6.07. The van der Waals surface area contributed by atoms with E-state index in [1.807, 2.05) is 6.07 Å². The van der Waals surface area contributed by atoms with E-state index in [0.29, 0.717) is 28.5 Å². The van der Waals surface area contributed by atoms with E-state index in [2.05, 4.69) is 4.90 Å². The zero-order valence-electron chi connectivity index (χ0n) is 13.5. The van der Waals surface area contributed by atoms with Gasteiger partial charge in [-0.1, -0.05) is 17.7 Å². The number of morpholine rings is 1. The van der Waals surface area contributed by atoms with Crippen molar-refractivity contribution in [1.82, 2.24) is 4.90 Å². The second-order valence-corrected chi connectivity index (χ2v) is 6.27. The van der Waals surface area contributed by atoms with Crippen LogP contribution in [0.1, 0.15) is 12.0 Å². The molecule has 1 heterocycles. The number of hydrogen-bond acceptors (Lipinski definition) is 3. The van der Waals surface area contributed by atoms with Gasteiger partial charge in [0.2, 0.25) is 0 Å². The molecule has 0 radical (unpaired) electrons. The average molecular weight is 350 g/mol. The molecule has 1 aliphatic heterocycles. The molecule has 0 amide bonds. The summed E-state index contributed by atoms with van der Waals surface area (Å²) in [5.41, 5.74) is 0.626. The molecule has 1 aliphatic rings. The summed E-state index contributed by atoms with van der Waals surface area (Å²) < 4.78 is 25.4. The molecule has 3 nitrogen and oxygen atoms in total. The molecule has 0 spiro atoms. The van der Waals surface area contributed by atoms with Gasteiger partial charge >= 0.3 is 0 Å². The SMILES string of the molecule is Fc1cccc(Oc2ccc(Cl)cc2)c1CCCN1CCOCC1. The lowest BCUT2D eigenvalue weighted by Crippen LogP contribution is -2.36. The number of ether oxygens (including phenoxy) is 2. The molecule has 1 saturated heterocycles. The van der Waals surface area contributed by atoms with Gasteiger partial charge in [-0.25, -0.2) is 4.39 Å². The molecule has 24 heavy (non-hydrogen) atoms. The van der Waals surface area contributed by atoms with Crippen molar-refractivity contribution in [1.29, 1.82) is 0 Å². The van der Waals surface area contributed by atoms with Gasteiger partial charge in [-0.05, 0) is 55.8 Å². The lowest BCUT2D eigenvalue weighted by Gasteiger charge is -2.26. The van der Waals surface area contributed by atoms with Crippen molar-refractivity contribution in [2.75, 3.05) is 32.8 Å². The molecule has 2 aromatic rings. The Morgan fingerprint density at radius 1 is 1.08 bits per heavy atom. The van der Waals surface area contributed by atoms with Crippen molar-refractivity contribution in [3.05, 3.63) is 58.9 Å². The molecule has 0 atom stereocenters. The molecular formula is C19H21ClFNO2. The van der Waals surface area contributed by atoms with Crippen molar-refractivity contribution in [3.8, 4) is 11.5 Å². The summed E-state index contributed by atoms with van der Waals surface area (Å²) in [6.45, 7) is 4.41. The van der Waals surface area contributed by atoms with E-state index in [-0.39, 0.29) is 5.82 Å². The Morgan fingerprint density at radius 3 is 2.58 bits per heavy atom. The first-order valence-electron chi connectivity index (χ1n) is 8.23. The van der Waals surface area contributed by atoms with E-state index >= 15 is 0 Å². The van der Waals surface area contributed by atoms with Crippen molar-refractivity contribution < 1.29 is 13.9 Å². The summed E-state index contributed by atoms with van der Waals surface area (Å²) in [7, 11) is 0. The molecule has 0 aromatic heterocycles. The summed E-state index contributed by atoms with van der Waals surface area (Å²) in [6, 6.07) is 12.0.